The zero-order chi connectivity index (χ0) is 16.9. The lowest BCUT2D eigenvalue weighted by Gasteiger charge is -2.16. The maximum atomic E-state index is 5.44. The van der Waals surface area contributed by atoms with Crippen LogP contribution in [0.3, 0.4) is 0 Å². The third-order valence-corrected chi connectivity index (χ3v) is 5.36. The molecule has 3 aromatic rings. The van der Waals surface area contributed by atoms with Gasteiger partial charge in [-0.3, -0.25) is 9.67 Å². The van der Waals surface area contributed by atoms with E-state index in [2.05, 4.69) is 77.1 Å². The lowest BCUT2D eigenvalue weighted by Crippen LogP contribution is -2.10. The molecule has 1 atom stereocenters. The number of nitrogens with one attached hydrogen (secondary N) is 1. The molecule has 1 aromatic heterocycles. The Kier molecular flexibility index (Phi) is 5.53. The first-order valence-corrected chi connectivity index (χ1v) is 9.55. The molecule has 24 heavy (non-hydrogen) atoms. The van der Waals surface area contributed by atoms with Gasteiger partial charge in [-0.1, -0.05) is 60.2 Å². The van der Waals surface area contributed by atoms with Crippen molar-refractivity contribution in [2.24, 2.45) is 0 Å². The van der Waals surface area contributed by atoms with Crippen molar-refractivity contribution < 1.29 is 0 Å². The first-order valence-electron chi connectivity index (χ1n) is 7.99. The molecule has 0 saturated carbocycles. The second kappa shape index (κ2) is 7.81. The van der Waals surface area contributed by atoms with Crippen LogP contribution in [0.1, 0.15) is 35.5 Å². The number of nitrogens with zero attached hydrogens (tertiary/aromatic N) is 2. The minimum atomic E-state index is 0.174. The summed E-state index contributed by atoms with van der Waals surface area (Å²) in [5.41, 5.74) is 3.86. The number of benzene rings is 2. The van der Waals surface area contributed by atoms with E-state index in [4.69, 9.17) is 12.2 Å². The normalized spacial score (nSPS) is 12.2. The minimum absolute atomic E-state index is 0.174. The van der Waals surface area contributed by atoms with E-state index in [-0.39, 0.29) is 6.04 Å². The van der Waals surface area contributed by atoms with Crippen molar-refractivity contribution >= 4 is 24.0 Å². The number of aromatic nitrogens is 3. The SMILES string of the molecule is Cc1ccc(CSCc2n[nH]c(=S)n2[C@H](C)c2ccccc2)cc1. The molecule has 0 radical (unpaired) electrons. The summed E-state index contributed by atoms with van der Waals surface area (Å²) in [6.45, 7) is 4.27. The van der Waals surface area contributed by atoms with E-state index < -0.39 is 0 Å². The highest BCUT2D eigenvalue weighted by Gasteiger charge is 2.14. The van der Waals surface area contributed by atoms with Gasteiger partial charge in [0.1, 0.15) is 5.82 Å². The minimum Gasteiger partial charge on any atom is -0.296 e. The van der Waals surface area contributed by atoms with E-state index in [9.17, 15) is 0 Å². The Morgan fingerprint density at radius 2 is 1.79 bits per heavy atom. The van der Waals surface area contributed by atoms with Crippen LogP contribution in [0.4, 0.5) is 0 Å². The summed E-state index contributed by atoms with van der Waals surface area (Å²) in [4.78, 5) is 0. The Hall–Kier alpha value is -1.85. The number of aromatic amines is 1. The monoisotopic (exact) mass is 355 g/mol. The second-order valence-electron chi connectivity index (χ2n) is 5.88. The van der Waals surface area contributed by atoms with Gasteiger partial charge in [0.25, 0.3) is 0 Å². The summed E-state index contributed by atoms with van der Waals surface area (Å²) in [6.07, 6.45) is 0. The lowest BCUT2D eigenvalue weighted by atomic mass is 10.1. The molecular formula is C19H21N3S2. The zero-order valence-corrected chi connectivity index (χ0v) is 15.5. The molecule has 0 fully saturated rings. The van der Waals surface area contributed by atoms with Crippen LogP contribution >= 0.6 is 24.0 Å². The van der Waals surface area contributed by atoms with Crippen LogP contribution in [-0.2, 0) is 11.5 Å². The van der Waals surface area contributed by atoms with Crippen molar-refractivity contribution in [1.29, 1.82) is 0 Å². The van der Waals surface area contributed by atoms with Crippen molar-refractivity contribution in [1.82, 2.24) is 14.8 Å². The molecule has 0 spiro atoms. The molecule has 0 bridgehead atoms. The predicted octanol–water partition coefficient (Wildman–Crippen LogP) is 5.29. The molecule has 0 saturated heterocycles. The third-order valence-electron chi connectivity index (χ3n) is 4.07. The summed E-state index contributed by atoms with van der Waals surface area (Å²) in [5, 5.41) is 7.38. The molecule has 0 unspecified atom stereocenters. The molecule has 1 N–H and O–H groups in total. The number of thioether (sulfide) groups is 1. The largest absolute Gasteiger partial charge is 0.296 e. The van der Waals surface area contributed by atoms with E-state index in [1.54, 1.807) is 0 Å². The molecule has 5 heteroatoms. The molecule has 0 aliphatic heterocycles. The van der Waals surface area contributed by atoms with Gasteiger partial charge in [0.15, 0.2) is 4.77 Å². The maximum absolute atomic E-state index is 5.44. The third kappa shape index (κ3) is 3.97. The highest BCUT2D eigenvalue weighted by molar-refractivity contribution is 7.97. The van der Waals surface area contributed by atoms with E-state index >= 15 is 0 Å². The van der Waals surface area contributed by atoms with Gasteiger partial charge in [0.2, 0.25) is 0 Å². The van der Waals surface area contributed by atoms with Crippen LogP contribution in [0.5, 0.6) is 0 Å². The maximum Gasteiger partial charge on any atom is 0.195 e. The zero-order valence-electron chi connectivity index (χ0n) is 13.9. The van der Waals surface area contributed by atoms with Gasteiger partial charge in [0, 0.05) is 5.75 Å². The number of H-pyrrole nitrogens is 1. The fraction of sp³-hybridized carbons (Fsp3) is 0.263. The van der Waals surface area contributed by atoms with Crippen LogP contribution in [0.2, 0.25) is 0 Å². The molecule has 2 aromatic carbocycles. The van der Waals surface area contributed by atoms with Crippen molar-refractivity contribution in [3.05, 3.63) is 81.9 Å². The average molecular weight is 356 g/mol. The summed E-state index contributed by atoms with van der Waals surface area (Å²) < 4.78 is 2.80. The molecule has 124 valence electrons. The lowest BCUT2D eigenvalue weighted by molar-refractivity contribution is 0.608. The topological polar surface area (TPSA) is 33.6 Å². The number of aryl methyl sites for hydroxylation is 1. The van der Waals surface area contributed by atoms with Gasteiger partial charge >= 0.3 is 0 Å². The smallest absolute Gasteiger partial charge is 0.195 e. The van der Waals surface area contributed by atoms with Gasteiger partial charge in [-0.25, -0.2) is 0 Å². The van der Waals surface area contributed by atoms with Gasteiger partial charge < -0.3 is 0 Å². The van der Waals surface area contributed by atoms with Gasteiger partial charge in [-0.05, 0) is 37.2 Å². The van der Waals surface area contributed by atoms with Crippen molar-refractivity contribution in [3.63, 3.8) is 0 Å². The van der Waals surface area contributed by atoms with Gasteiger partial charge in [-0.2, -0.15) is 5.10 Å². The van der Waals surface area contributed by atoms with E-state index in [1.807, 2.05) is 17.8 Å². The molecule has 3 rings (SSSR count). The van der Waals surface area contributed by atoms with Crippen LogP contribution in [0.15, 0.2) is 54.6 Å². The van der Waals surface area contributed by atoms with Crippen molar-refractivity contribution in [3.8, 4) is 0 Å². The van der Waals surface area contributed by atoms with Crippen molar-refractivity contribution in [2.45, 2.75) is 31.4 Å². The van der Waals surface area contributed by atoms with Crippen LogP contribution in [0, 0.1) is 11.7 Å². The predicted molar refractivity (Wildman–Crippen MR) is 104 cm³/mol. The Labute approximate surface area is 152 Å². The molecule has 0 aliphatic rings. The fourth-order valence-corrected chi connectivity index (χ4v) is 3.89. The van der Waals surface area contributed by atoms with Crippen molar-refractivity contribution in [2.75, 3.05) is 0 Å². The molecule has 0 amide bonds. The Morgan fingerprint density at radius 1 is 1.08 bits per heavy atom. The van der Waals surface area contributed by atoms with Crippen LogP contribution in [0.25, 0.3) is 0 Å². The number of rotatable bonds is 6. The number of hydrogen-bond acceptors (Lipinski definition) is 3. The van der Waals surface area contributed by atoms with Gasteiger partial charge in [-0.15, -0.1) is 11.8 Å². The molecule has 3 nitrogen and oxygen atoms in total. The molecule has 0 aliphatic carbocycles. The summed E-state index contributed by atoms with van der Waals surface area (Å²) >= 11 is 7.30. The number of hydrogen-bond donors (Lipinski definition) is 1. The summed E-state index contributed by atoms with van der Waals surface area (Å²) in [7, 11) is 0. The van der Waals surface area contributed by atoms with E-state index in [0.29, 0.717) is 4.77 Å². The summed E-state index contributed by atoms with van der Waals surface area (Å²) in [5.74, 6) is 2.80. The Balaban J connectivity index is 1.71. The van der Waals surface area contributed by atoms with E-state index in [1.165, 1.54) is 16.7 Å². The summed E-state index contributed by atoms with van der Waals surface area (Å²) in [6, 6.07) is 19.3. The second-order valence-corrected chi connectivity index (χ2v) is 7.25. The highest BCUT2D eigenvalue weighted by atomic mass is 32.2. The Morgan fingerprint density at radius 3 is 2.50 bits per heavy atom. The standard InChI is InChI=1S/C19H21N3S2/c1-14-8-10-16(11-9-14)12-24-13-18-20-21-19(23)22(18)15(2)17-6-4-3-5-7-17/h3-11,15H,12-13H2,1-2H3,(H,21,23)/t15-/m1/s1. The first-order chi connectivity index (χ1) is 11.6. The van der Waals surface area contributed by atoms with E-state index in [0.717, 1.165) is 17.3 Å². The highest BCUT2D eigenvalue weighted by Crippen LogP contribution is 2.23. The molecule has 1 heterocycles. The molecular weight excluding hydrogens is 334 g/mol. The average Bonchev–Trinajstić information content (AvgIpc) is 2.97. The first kappa shape index (κ1) is 17.0. The Bertz CT molecular complexity index is 835. The quantitative estimate of drug-likeness (QED) is 0.610. The van der Waals surface area contributed by atoms with Crippen LogP contribution in [-0.4, -0.2) is 14.8 Å². The van der Waals surface area contributed by atoms with Gasteiger partial charge in [0.05, 0.1) is 11.8 Å². The van der Waals surface area contributed by atoms with Crippen LogP contribution < -0.4 is 0 Å². The fourth-order valence-electron chi connectivity index (χ4n) is 2.66.